The molecule has 1 N–H and O–H groups in total. The van der Waals surface area contributed by atoms with Crippen LogP contribution < -0.4 is 5.32 Å². The highest BCUT2D eigenvalue weighted by molar-refractivity contribution is 6.31. The lowest BCUT2D eigenvalue weighted by Gasteiger charge is -2.13. The average Bonchev–Trinajstić information content (AvgIpc) is 2.41. The Hall–Kier alpha value is -1.38. The summed E-state index contributed by atoms with van der Waals surface area (Å²) in [5.41, 5.74) is 3.60. The minimum Gasteiger partial charge on any atom is -0.310 e. The van der Waals surface area contributed by atoms with Crippen LogP contribution in [0.25, 0.3) is 11.1 Å². The largest absolute Gasteiger partial charge is 0.310 e. The van der Waals surface area contributed by atoms with Gasteiger partial charge in [-0.3, -0.25) is 0 Å². The van der Waals surface area contributed by atoms with Crippen molar-refractivity contribution in [2.45, 2.75) is 33.4 Å². The Morgan fingerprint density at radius 1 is 1.20 bits per heavy atom. The van der Waals surface area contributed by atoms with E-state index in [1.54, 1.807) is 13.0 Å². The van der Waals surface area contributed by atoms with E-state index in [-0.39, 0.29) is 5.82 Å². The minimum atomic E-state index is -0.181. The quantitative estimate of drug-likeness (QED) is 0.840. The highest BCUT2D eigenvalue weighted by atomic mass is 35.5. The minimum absolute atomic E-state index is 0.181. The van der Waals surface area contributed by atoms with Crippen LogP contribution in [-0.2, 0) is 6.54 Å². The van der Waals surface area contributed by atoms with Gasteiger partial charge in [-0.05, 0) is 47.4 Å². The smallest absolute Gasteiger partial charge is 0.126 e. The maximum atomic E-state index is 13.7. The van der Waals surface area contributed by atoms with Crippen LogP contribution in [0.3, 0.4) is 0 Å². The molecule has 0 amide bonds. The molecule has 0 bridgehead atoms. The molecule has 0 aliphatic heterocycles. The summed E-state index contributed by atoms with van der Waals surface area (Å²) in [7, 11) is 0. The van der Waals surface area contributed by atoms with Crippen LogP contribution in [0.15, 0.2) is 36.4 Å². The molecule has 0 saturated heterocycles. The number of nitrogens with one attached hydrogen (secondary N) is 1. The number of hydrogen-bond donors (Lipinski definition) is 1. The number of rotatable bonds is 4. The summed E-state index contributed by atoms with van der Waals surface area (Å²) >= 11 is 6.22. The third-order valence-electron chi connectivity index (χ3n) is 3.33. The molecule has 0 aliphatic carbocycles. The number of hydrogen-bond acceptors (Lipinski definition) is 1. The Morgan fingerprint density at radius 2 is 1.95 bits per heavy atom. The molecular weight excluding hydrogens is 273 g/mol. The van der Waals surface area contributed by atoms with E-state index in [0.29, 0.717) is 18.2 Å². The van der Waals surface area contributed by atoms with E-state index in [1.807, 2.05) is 24.3 Å². The average molecular weight is 292 g/mol. The first kappa shape index (κ1) is 15.0. The Kier molecular flexibility index (Phi) is 4.79. The van der Waals surface area contributed by atoms with Crippen LogP contribution in [0.5, 0.6) is 0 Å². The van der Waals surface area contributed by atoms with Gasteiger partial charge in [0.1, 0.15) is 5.82 Å². The van der Waals surface area contributed by atoms with Crippen molar-refractivity contribution in [3.63, 3.8) is 0 Å². The Bertz CT molecular complexity index is 608. The summed E-state index contributed by atoms with van der Waals surface area (Å²) in [6.45, 7) is 6.69. The van der Waals surface area contributed by atoms with E-state index in [9.17, 15) is 4.39 Å². The van der Waals surface area contributed by atoms with Crippen molar-refractivity contribution in [1.82, 2.24) is 5.32 Å². The van der Waals surface area contributed by atoms with Crippen LogP contribution in [0, 0.1) is 12.7 Å². The van der Waals surface area contributed by atoms with E-state index in [2.05, 4.69) is 19.2 Å². The molecular formula is C17H19ClFN. The third-order valence-corrected chi connectivity index (χ3v) is 3.69. The fourth-order valence-corrected chi connectivity index (χ4v) is 2.30. The van der Waals surface area contributed by atoms with Crippen LogP contribution in [-0.4, -0.2) is 6.04 Å². The van der Waals surface area contributed by atoms with Crippen molar-refractivity contribution < 1.29 is 4.39 Å². The van der Waals surface area contributed by atoms with E-state index in [1.165, 1.54) is 6.07 Å². The SMILES string of the molecule is Cc1c(F)cccc1-c1ccc(Cl)c(CNC(C)C)c1. The van der Waals surface area contributed by atoms with Crippen molar-refractivity contribution in [2.75, 3.05) is 0 Å². The lowest BCUT2D eigenvalue weighted by Crippen LogP contribution is -2.22. The van der Waals surface area contributed by atoms with Gasteiger partial charge in [-0.25, -0.2) is 4.39 Å². The van der Waals surface area contributed by atoms with Gasteiger partial charge in [0, 0.05) is 17.6 Å². The number of halogens is 2. The molecule has 3 heteroatoms. The van der Waals surface area contributed by atoms with Gasteiger partial charge in [0.2, 0.25) is 0 Å². The first-order valence-corrected chi connectivity index (χ1v) is 7.14. The summed E-state index contributed by atoms with van der Waals surface area (Å²) in [5.74, 6) is -0.181. The standard InChI is InChI=1S/C17H19ClFN/c1-11(2)20-10-14-9-13(7-8-16(14)18)15-5-4-6-17(19)12(15)3/h4-9,11,20H,10H2,1-3H3. The van der Waals surface area contributed by atoms with Crippen LogP contribution in [0.2, 0.25) is 5.02 Å². The summed E-state index contributed by atoms with van der Waals surface area (Å²) in [6.07, 6.45) is 0. The van der Waals surface area contributed by atoms with Gasteiger partial charge in [0.25, 0.3) is 0 Å². The van der Waals surface area contributed by atoms with Gasteiger partial charge < -0.3 is 5.32 Å². The molecule has 0 unspecified atom stereocenters. The summed E-state index contributed by atoms with van der Waals surface area (Å²) in [5, 5.41) is 4.08. The van der Waals surface area contributed by atoms with Gasteiger partial charge >= 0.3 is 0 Å². The van der Waals surface area contributed by atoms with Gasteiger partial charge in [-0.2, -0.15) is 0 Å². The summed E-state index contributed by atoms with van der Waals surface area (Å²) < 4.78 is 13.7. The summed E-state index contributed by atoms with van der Waals surface area (Å²) in [6, 6.07) is 11.4. The Labute approximate surface area is 124 Å². The predicted molar refractivity (Wildman–Crippen MR) is 83.6 cm³/mol. The second-order valence-corrected chi connectivity index (χ2v) is 5.66. The zero-order valence-electron chi connectivity index (χ0n) is 12.0. The third kappa shape index (κ3) is 3.38. The topological polar surface area (TPSA) is 12.0 Å². The molecule has 106 valence electrons. The van der Waals surface area contributed by atoms with Crippen molar-refractivity contribution in [1.29, 1.82) is 0 Å². The molecule has 0 radical (unpaired) electrons. The van der Waals surface area contributed by atoms with Crippen molar-refractivity contribution >= 4 is 11.6 Å². The van der Waals surface area contributed by atoms with E-state index in [0.717, 1.165) is 21.7 Å². The highest BCUT2D eigenvalue weighted by Gasteiger charge is 2.08. The fourth-order valence-electron chi connectivity index (χ4n) is 2.11. The molecule has 2 aromatic carbocycles. The molecule has 0 saturated carbocycles. The van der Waals surface area contributed by atoms with Crippen molar-refractivity contribution in [2.24, 2.45) is 0 Å². The molecule has 2 rings (SSSR count). The monoisotopic (exact) mass is 291 g/mol. The van der Waals surface area contributed by atoms with Crippen molar-refractivity contribution in [3.05, 3.63) is 58.4 Å². The predicted octanol–water partition coefficient (Wildman–Crippen LogP) is 4.95. The van der Waals surface area contributed by atoms with Gasteiger partial charge in [-0.15, -0.1) is 0 Å². The van der Waals surface area contributed by atoms with E-state index in [4.69, 9.17) is 11.6 Å². The maximum absolute atomic E-state index is 13.7. The highest BCUT2D eigenvalue weighted by Crippen LogP contribution is 2.28. The molecule has 0 fully saturated rings. The molecule has 0 aliphatic rings. The normalized spacial score (nSPS) is 11.1. The zero-order valence-corrected chi connectivity index (χ0v) is 12.8. The fraction of sp³-hybridized carbons (Fsp3) is 0.294. The van der Waals surface area contributed by atoms with E-state index < -0.39 is 0 Å². The second-order valence-electron chi connectivity index (χ2n) is 5.25. The second kappa shape index (κ2) is 6.38. The molecule has 0 atom stereocenters. The molecule has 0 aromatic heterocycles. The first-order valence-electron chi connectivity index (χ1n) is 6.76. The zero-order chi connectivity index (χ0) is 14.7. The van der Waals surface area contributed by atoms with E-state index >= 15 is 0 Å². The lowest BCUT2D eigenvalue weighted by molar-refractivity contribution is 0.589. The van der Waals surface area contributed by atoms with Crippen molar-refractivity contribution in [3.8, 4) is 11.1 Å². The molecule has 20 heavy (non-hydrogen) atoms. The molecule has 0 heterocycles. The maximum Gasteiger partial charge on any atom is 0.126 e. The Morgan fingerprint density at radius 3 is 2.65 bits per heavy atom. The van der Waals surface area contributed by atoms with Crippen LogP contribution in [0.4, 0.5) is 4.39 Å². The first-order chi connectivity index (χ1) is 9.49. The summed E-state index contributed by atoms with van der Waals surface area (Å²) in [4.78, 5) is 0. The lowest BCUT2D eigenvalue weighted by atomic mass is 9.98. The van der Waals surface area contributed by atoms with Crippen LogP contribution in [0.1, 0.15) is 25.0 Å². The van der Waals surface area contributed by atoms with Gasteiger partial charge in [-0.1, -0.05) is 43.6 Å². The number of benzene rings is 2. The molecule has 1 nitrogen and oxygen atoms in total. The molecule has 2 aromatic rings. The van der Waals surface area contributed by atoms with Gasteiger partial charge in [0.15, 0.2) is 0 Å². The Balaban J connectivity index is 2.38. The van der Waals surface area contributed by atoms with Crippen LogP contribution >= 0.6 is 11.6 Å². The molecule has 0 spiro atoms. The van der Waals surface area contributed by atoms with Gasteiger partial charge in [0.05, 0.1) is 0 Å².